The largest absolute Gasteiger partial charge is 0.416 e. The van der Waals surface area contributed by atoms with Crippen molar-refractivity contribution in [2.75, 3.05) is 60.8 Å². The van der Waals surface area contributed by atoms with E-state index in [4.69, 9.17) is 23.2 Å². The predicted octanol–water partition coefficient (Wildman–Crippen LogP) is 5.09. The number of halogens is 5. The summed E-state index contributed by atoms with van der Waals surface area (Å²) in [5.41, 5.74) is 0.660. The minimum Gasteiger partial charge on any atom is -0.369 e. The maximum atomic E-state index is 13.5. The molecule has 3 amide bonds. The van der Waals surface area contributed by atoms with Crippen molar-refractivity contribution in [3.8, 4) is 0 Å². The van der Waals surface area contributed by atoms with Crippen LogP contribution in [-0.4, -0.2) is 90.3 Å². The molecule has 1 unspecified atom stereocenters. The fourth-order valence-corrected chi connectivity index (χ4v) is 9.32. The SMILES string of the molecule is Cn1c(=O)n(C2CCC(=O)NC2=O)c2ccc(N3CCN(CC4CCN(S(=O)(=O)Nc5ccc(Cl)cc5C(=O)Nc5ccc(C(F)(F)F)cc5Cl)CC4)CC3)cc21. The van der Waals surface area contributed by atoms with Crippen molar-refractivity contribution in [2.24, 2.45) is 13.0 Å². The van der Waals surface area contributed by atoms with Gasteiger partial charge in [-0.15, -0.1) is 0 Å². The highest BCUT2D eigenvalue weighted by molar-refractivity contribution is 7.90. The summed E-state index contributed by atoms with van der Waals surface area (Å²) < 4.78 is 73.1. The number of anilines is 3. The maximum absolute atomic E-state index is 13.5. The molecule has 7 rings (SSSR count). The van der Waals surface area contributed by atoms with E-state index in [0.29, 0.717) is 29.9 Å². The van der Waals surface area contributed by atoms with Gasteiger partial charge in [0, 0.05) is 70.0 Å². The van der Waals surface area contributed by atoms with Gasteiger partial charge in [0.05, 0.1) is 38.6 Å². The minimum atomic E-state index is -4.63. The Balaban J connectivity index is 0.926. The van der Waals surface area contributed by atoms with Crippen LogP contribution >= 0.6 is 23.2 Å². The highest BCUT2D eigenvalue weighted by Crippen LogP contribution is 2.35. The predicted molar refractivity (Wildman–Crippen MR) is 210 cm³/mol. The molecule has 14 nitrogen and oxygen atoms in total. The number of carbonyl (C=O) groups is 3. The molecule has 3 fully saturated rings. The van der Waals surface area contributed by atoms with Gasteiger partial charge in [0.1, 0.15) is 6.04 Å². The summed E-state index contributed by atoms with van der Waals surface area (Å²) in [5, 5.41) is 4.55. The van der Waals surface area contributed by atoms with Crippen LogP contribution in [0.1, 0.15) is 47.6 Å². The van der Waals surface area contributed by atoms with E-state index in [1.54, 1.807) is 7.05 Å². The van der Waals surface area contributed by atoms with E-state index in [9.17, 15) is 40.8 Å². The normalized spacial score (nSPS) is 19.2. The van der Waals surface area contributed by atoms with Crippen molar-refractivity contribution in [1.29, 1.82) is 0 Å². The summed E-state index contributed by atoms with van der Waals surface area (Å²) in [6.45, 7) is 4.37. The Kier molecular flexibility index (Phi) is 11.4. The summed E-state index contributed by atoms with van der Waals surface area (Å²) in [6.07, 6.45) is -2.96. The van der Waals surface area contributed by atoms with Gasteiger partial charge in [-0.3, -0.25) is 38.5 Å². The van der Waals surface area contributed by atoms with Gasteiger partial charge in [-0.1, -0.05) is 23.2 Å². The Morgan fingerprint density at radius 1 is 0.877 bits per heavy atom. The highest BCUT2D eigenvalue weighted by atomic mass is 35.5. The second-order valence-corrected chi connectivity index (χ2v) is 16.9. The Bertz CT molecular complexity index is 2410. The van der Waals surface area contributed by atoms with Gasteiger partial charge < -0.3 is 10.2 Å². The van der Waals surface area contributed by atoms with Crippen LogP contribution in [0, 0.1) is 5.92 Å². The Labute approximate surface area is 335 Å². The summed E-state index contributed by atoms with van der Waals surface area (Å²) in [6, 6.07) is 11.5. The lowest BCUT2D eigenvalue weighted by molar-refractivity contribution is -0.138. The molecule has 4 heterocycles. The second-order valence-electron chi connectivity index (χ2n) is 14.4. The van der Waals surface area contributed by atoms with E-state index < -0.39 is 39.8 Å². The monoisotopic (exact) mass is 850 g/mol. The first kappa shape index (κ1) is 40.6. The number of carbonyl (C=O) groups excluding carboxylic acids is 3. The van der Waals surface area contributed by atoms with E-state index in [1.165, 1.54) is 31.6 Å². The number of nitrogens with one attached hydrogen (secondary N) is 3. The van der Waals surface area contributed by atoms with E-state index in [2.05, 4.69) is 25.2 Å². The third-order valence-electron chi connectivity index (χ3n) is 10.8. The number of rotatable bonds is 9. The molecule has 20 heteroatoms. The van der Waals surface area contributed by atoms with E-state index in [-0.39, 0.29) is 70.4 Å². The van der Waals surface area contributed by atoms with Crippen LogP contribution in [0.2, 0.25) is 10.0 Å². The number of aryl methyl sites for hydroxylation is 1. The molecule has 3 aliphatic rings. The molecule has 3 N–H and O–H groups in total. The van der Waals surface area contributed by atoms with Crippen molar-refractivity contribution >= 4 is 79.2 Å². The van der Waals surface area contributed by atoms with E-state index >= 15 is 0 Å². The zero-order valence-electron chi connectivity index (χ0n) is 30.6. The van der Waals surface area contributed by atoms with E-state index in [0.717, 1.165) is 50.5 Å². The molecule has 0 spiro atoms. The number of aromatic nitrogens is 2. The van der Waals surface area contributed by atoms with Crippen molar-refractivity contribution in [3.63, 3.8) is 0 Å². The first-order valence-electron chi connectivity index (χ1n) is 18.3. The van der Waals surface area contributed by atoms with Gasteiger partial charge in [-0.05, 0) is 79.8 Å². The molecule has 57 heavy (non-hydrogen) atoms. The van der Waals surface area contributed by atoms with Gasteiger partial charge >= 0.3 is 22.1 Å². The molecule has 1 aromatic heterocycles. The molecule has 3 saturated heterocycles. The van der Waals surface area contributed by atoms with Crippen LogP contribution in [0.5, 0.6) is 0 Å². The van der Waals surface area contributed by atoms with Crippen LogP contribution in [0.4, 0.5) is 30.2 Å². The summed E-state index contributed by atoms with van der Waals surface area (Å²) in [5.74, 6) is -1.39. The number of piperidine rings is 2. The third-order valence-corrected chi connectivity index (χ3v) is 12.8. The lowest BCUT2D eigenvalue weighted by atomic mass is 9.97. The van der Waals surface area contributed by atoms with Crippen LogP contribution in [-0.2, 0) is 33.0 Å². The molecule has 0 bridgehead atoms. The highest BCUT2D eigenvalue weighted by Gasteiger charge is 2.34. The Morgan fingerprint density at radius 2 is 1.58 bits per heavy atom. The number of hydrogen-bond acceptors (Lipinski definition) is 8. The topological polar surface area (TPSA) is 158 Å². The van der Waals surface area contributed by atoms with Gasteiger partial charge in [0.15, 0.2) is 0 Å². The van der Waals surface area contributed by atoms with Crippen molar-refractivity contribution in [1.82, 2.24) is 23.7 Å². The molecule has 304 valence electrons. The van der Waals surface area contributed by atoms with Gasteiger partial charge in [0.2, 0.25) is 11.8 Å². The number of fused-ring (bicyclic) bond motifs is 1. The molecular weight excluding hydrogens is 812 g/mol. The summed E-state index contributed by atoms with van der Waals surface area (Å²) >= 11 is 12.1. The average Bonchev–Trinajstić information content (AvgIpc) is 3.41. The standard InChI is InChI=1S/C37H39Cl2F3N8O6S/c1-46-32-20-25(4-7-30(32)50(36(46)54)31-8-9-33(51)44-35(31)53)48-16-14-47(15-17-48)21-22-10-12-49(13-11-22)57(55,56)45-28-6-3-24(38)19-26(28)34(52)43-29-5-2-23(18-27(29)39)37(40,41)42/h2-7,18-20,22,31,45H,8-17,21H2,1H3,(H,43,52)(H,44,51,53). The van der Waals surface area contributed by atoms with Crippen LogP contribution in [0.3, 0.4) is 0 Å². The number of imidazole rings is 1. The molecular formula is C37H39Cl2F3N8O6S. The smallest absolute Gasteiger partial charge is 0.369 e. The second kappa shape index (κ2) is 16.0. The lowest BCUT2D eigenvalue weighted by Gasteiger charge is -2.39. The molecule has 0 radical (unpaired) electrons. The van der Waals surface area contributed by atoms with Crippen molar-refractivity contribution < 1.29 is 36.0 Å². The minimum absolute atomic E-state index is 0.0619. The number of piperazine rings is 1. The van der Waals surface area contributed by atoms with Crippen LogP contribution in [0.15, 0.2) is 59.4 Å². The molecule has 4 aromatic rings. The number of hydrogen-bond donors (Lipinski definition) is 3. The number of imide groups is 1. The Morgan fingerprint density at radius 3 is 2.25 bits per heavy atom. The number of amides is 3. The molecule has 0 aliphatic carbocycles. The zero-order chi connectivity index (χ0) is 40.8. The first-order valence-corrected chi connectivity index (χ1v) is 20.5. The quantitative estimate of drug-likeness (QED) is 0.197. The van der Waals surface area contributed by atoms with E-state index in [1.807, 2.05) is 18.2 Å². The summed E-state index contributed by atoms with van der Waals surface area (Å²) in [7, 11) is -2.43. The molecule has 3 aliphatic heterocycles. The summed E-state index contributed by atoms with van der Waals surface area (Å²) in [4.78, 5) is 55.3. The van der Waals surface area contributed by atoms with Crippen molar-refractivity contribution in [2.45, 2.75) is 37.9 Å². The molecule has 1 atom stereocenters. The van der Waals surface area contributed by atoms with Crippen LogP contribution < -0.4 is 25.9 Å². The first-order chi connectivity index (χ1) is 27.0. The van der Waals surface area contributed by atoms with Gasteiger partial charge in [0.25, 0.3) is 5.91 Å². The number of benzene rings is 3. The molecule has 3 aromatic carbocycles. The number of nitrogens with zero attached hydrogens (tertiary/aromatic N) is 5. The fourth-order valence-electron chi connectivity index (χ4n) is 7.64. The van der Waals surface area contributed by atoms with Crippen LogP contribution in [0.25, 0.3) is 11.0 Å². The number of alkyl halides is 3. The third kappa shape index (κ3) is 8.65. The Hall–Kier alpha value is -4.62. The van der Waals surface area contributed by atoms with Crippen molar-refractivity contribution in [3.05, 3.63) is 86.3 Å². The fraction of sp³-hybridized carbons (Fsp3) is 0.405. The lowest BCUT2D eigenvalue weighted by Crippen LogP contribution is -2.49. The maximum Gasteiger partial charge on any atom is 0.416 e. The average molecular weight is 852 g/mol. The van der Waals surface area contributed by atoms with Gasteiger partial charge in [-0.2, -0.15) is 25.9 Å². The molecule has 0 saturated carbocycles. The zero-order valence-corrected chi connectivity index (χ0v) is 32.9. The van der Waals surface area contributed by atoms with Gasteiger partial charge in [-0.25, -0.2) is 4.79 Å².